The van der Waals surface area contributed by atoms with E-state index in [4.69, 9.17) is 21.6 Å². The van der Waals surface area contributed by atoms with Crippen LogP contribution in [-0.2, 0) is 0 Å². The van der Waals surface area contributed by atoms with E-state index in [0.717, 1.165) is 31.9 Å². The number of hydrogen-bond acceptors (Lipinski definition) is 4. The molecule has 0 unspecified atom stereocenters. The lowest BCUT2D eigenvalue weighted by molar-refractivity contribution is 0.0977. The summed E-state index contributed by atoms with van der Waals surface area (Å²) in [7, 11) is 0. The van der Waals surface area contributed by atoms with Gasteiger partial charge in [-0.2, -0.15) is 0 Å². The first-order valence-electron chi connectivity index (χ1n) is 10.7. The summed E-state index contributed by atoms with van der Waals surface area (Å²) in [6, 6.07) is 23.2. The number of aromatic nitrogens is 1. The minimum atomic E-state index is -0.257. The summed E-state index contributed by atoms with van der Waals surface area (Å²) < 4.78 is 7.07. The first-order valence-corrected chi connectivity index (χ1v) is 11.9. The number of aryl methyl sites for hydroxylation is 2. The quantitative estimate of drug-likeness (QED) is 0.243. The van der Waals surface area contributed by atoms with Gasteiger partial charge in [-0.3, -0.25) is 10.1 Å². The molecule has 7 heteroatoms. The molecule has 5 rings (SSSR count). The first kappa shape index (κ1) is 22.3. The Labute approximate surface area is 210 Å². The van der Waals surface area contributed by atoms with Crippen LogP contribution in [0, 0.1) is 13.8 Å². The Bertz CT molecular complexity index is 1590. The molecule has 0 saturated heterocycles. The predicted molar refractivity (Wildman–Crippen MR) is 144 cm³/mol. The molecule has 5 aromatic rings. The summed E-state index contributed by atoms with van der Waals surface area (Å²) in [4.78, 5) is 17.2. The highest BCUT2D eigenvalue weighted by Gasteiger charge is 2.14. The molecule has 0 aliphatic rings. The summed E-state index contributed by atoms with van der Waals surface area (Å²) in [5.41, 5.74) is 5.73. The van der Waals surface area contributed by atoms with Gasteiger partial charge in [-0.25, -0.2) is 4.98 Å². The van der Waals surface area contributed by atoms with E-state index in [2.05, 4.69) is 32.6 Å². The smallest absolute Gasteiger partial charge is 0.257 e. The molecular formula is C27H20BrN3O2S. The number of rotatable bonds is 3. The second-order valence-corrected chi connectivity index (χ2v) is 9.31. The Kier molecular flexibility index (Phi) is 5.89. The van der Waals surface area contributed by atoms with Crippen LogP contribution < -0.4 is 10.6 Å². The lowest BCUT2D eigenvalue weighted by atomic mass is 10.0. The maximum Gasteiger partial charge on any atom is 0.257 e. The molecule has 2 N–H and O–H groups in total. The second-order valence-electron chi connectivity index (χ2n) is 8.05. The van der Waals surface area contributed by atoms with Crippen molar-refractivity contribution < 1.29 is 9.21 Å². The van der Waals surface area contributed by atoms with Gasteiger partial charge >= 0.3 is 0 Å². The third kappa shape index (κ3) is 4.32. The zero-order valence-electron chi connectivity index (χ0n) is 18.5. The van der Waals surface area contributed by atoms with E-state index in [-0.39, 0.29) is 11.0 Å². The van der Waals surface area contributed by atoms with Crippen molar-refractivity contribution in [2.24, 2.45) is 0 Å². The third-order valence-corrected chi connectivity index (χ3v) is 6.64. The average Bonchev–Trinajstić information content (AvgIpc) is 3.24. The molecule has 34 heavy (non-hydrogen) atoms. The molecule has 0 radical (unpaired) electrons. The van der Waals surface area contributed by atoms with Gasteiger partial charge in [0.15, 0.2) is 10.7 Å². The van der Waals surface area contributed by atoms with Crippen molar-refractivity contribution >= 4 is 66.7 Å². The summed E-state index contributed by atoms with van der Waals surface area (Å²) in [6.45, 7) is 3.98. The van der Waals surface area contributed by atoms with Gasteiger partial charge in [0, 0.05) is 21.3 Å². The number of anilines is 1. The Morgan fingerprint density at radius 3 is 2.56 bits per heavy atom. The minimum absolute atomic E-state index is 0.213. The molecule has 4 aromatic carbocycles. The SMILES string of the molecule is Cc1ccc(C(=O)NC(=S)Nc2ccc3oc(-c4cccc5c(Br)cccc45)nc3c2)cc1C. The highest BCUT2D eigenvalue weighted by molar-refractivity contribution is 9.10. The predicted octanol–water partition coefficient (Wildman–Crippen LogP) is 7.15. The summed E-state index contributed by atoms with van der Waals surface area (Å²) in [5.74, 6) is 0.286. The van der Waals surface area contributed by atoms with Gasteiger partial charge in [0.2, 0.25) is 5.89 Å². The highest BCUT2D eigenvalue weighted by Crippen LogP contribution is 2.34. The standard InChI is InChI=1S/C27H20BrN3O2S/c1-15-9-10-17(13-16(15)2)25(32)31-27(34)29-18-11-12-24-23(14-18)30-26(33-24)21-7-3-6-20-19(21)5-4-8-22(20)28/h3-14H,1-2H3,(H2,29,31,32,34). The van der Waals surface area contributed by atoms with Crippen LogP contribution in [0.25, 0.3) is 33.3 Å². The van der Waals surface area contributed by atoms with Gasteiger partial charge < -0.3 is 9.73 Å². The van der Waals surface area contributed by atoms with Gasteiger partial charge in [-0.05, 0) is 90.4 Å². The topological polar surface area (TPSA) is 67.2 Å². The summed E-state index contributed by atoms with van der Waals surface area (Å²) in [6.07, 6.45) is 0. The molecule has 0 bridgehead atoms. The van der Waals surface area contributed by atoms with Crippen LogP contribution in [0.3, 0.4) is 0 Å². The van der Waals surface area contributed by atoms with Crippen LogP contribution in [0.4, 0.5) is 5.69 Å². The van der Waals surface area contributed by atoms with Crippen LogP contribution in [0.5, 0.6) is 0 Å². The van der Waals surface area contributed by atoms with Crippen LogP contribution in [0.2, 0.25) is 0 Å². The van der Waals surface area contributed by atoms with Crippen molar-refractivity contribution in [2.45, 2.75) is 13.8 Å². The van der Waals surface area contributed by atoms with Crippen molar-refractivity contribution in [1.82, 2.24) is 10.3 Å². The van der Waals surface area contributed by atoms with Crippen LogP contribution in [0.1, 0.15) is 21.5 Å². The van der Waals surface area contributed by atoms with E-state index in [1.807, 2.05) is 74.5 Å². The summed E-state index contributed by atoms with van der Waals surface area (Å²) in [5, 5.41) is 8.15. The molecule has 0 spiro atoms. The van der Waals surface area contributed by atoms with Gasteiger partial charge in [0.05, 0.1) is 0 Å². The fourth-order valence-electron chi connectivity index (χ4n) is 3.80. The number of amides is 1. The number of oxazole rings is 1. The number of thiocarbonyl (C=S) groups is 1. The number of fused-ring (bicyclic) bond motifs is 2. The zero-order chi connectivity index (χ0) is 23.8. The normalized spacial score (nSPS) is 11.0. The average molecular weight is 530 g/mol. The van der Waals surface area contributed by atoms with Crippen LogP contribution >= 0.6 is 28.1 Å². The summed E-state index contributed by atoms with van der Waals surface area (Å²) >= 11 is 8.96. The third-order valence-electron chi connectivity index (χ3n) is 5.74. The lowest BCUT2D eigenvalue weighted by Gasteiger charge is -2.10. The van der Waals surface area contributed by atoms with E-state index >= 15 is 0 Å². The Balaban J connectivity index is 1.37. The van der Waals surface area contributed by atoms with E-state index in [1.165, 1.54) is 0 Å². The molecule has 5 nitrogen and oxygen atoms in total. The number of benzene rings is 4. The van der Waals surface area contributed by atoms with E-state index in [0.29, 0.717) is 28.2 Å². The highest BCUT2D eigenvalue weighted by atomic mass is 79.9. The van der Waals surface area contributed by atoms with Crippen molar-refractivity contribution in [3.05, 3.63) is 94.0 Å². The fraction of sp³-hybridized carbons (Fsp3) is 0.0741. The fourth-order valence-corrected chi connectivity index (χ4v) is 4.51. The number of carbonyl (C=O) groups is 1. The van der Waals surface area contributed by atoms with Crippen molar-refractivity contribution in [3.8, 4) is 11.5 Å². The number of nitrogens with zero attached hydrogens (tertiary/aromatic N) is 1. The molecular weight excluding hydrogens is 510 g/mol. The van der Waals surface area contributed by atoms with Crippen molar-refractivity contribution in [2.75, 3.05) is 5.32 Å². The molecule has 0 saturated carbocycles. The van der Waals surface area contributed by atoms with Crippen molar-refractivity contribution in [1.29, 1.82) is 0 Å². The van der Waals surface area contributed by atoms with E-state index < -0.39 is 0 Å². The van der Waals surface area contributed by atoms with Gasteiger partial charge in [0.1, 0.15) is 5.52 Å². The first-order chi connectivity index (χ1) is 16.4. The zero-order valence-corrected chi connectivity index (χ0v) is 20.9. The molecule has 0 aliphatic carbocycles. The van der Waals surface area contributed by atoms with Crippen LogP contribution in [0.15, 0.2) is 81.7 Å². The largest absolute Gasteiger partial charge is 0.436 e. The molecule has 0 aliphatic heterocycles. The maximum atomic E-state index is 12.5. The molecule has 0 atom stereocenters. The van der Waals surface area contributed by atoms with Gasteiger partial charge in [0.25, 0.3) is 5.91 Å². The molecule has 1 heterocycles. The number of hydrogen-bond donors (Lipinski definition) is 2. The lowest BCUT2D eigenvalue weighted by Crippen LogP contribution is -2.34. The van der Waals surface area contributed by atoms with E-state index in [9.17, 15) is 4.79 Å². The number of carbonyl (C=O) groups excluding carboxylic acids is 1. The Morgan fingerprint density at radius 1 is 0.941 bits per heavy atom. The van der Waals surface area contributed by atoms with Gasteiger partial charge in [-0.15, -0.1) is 0 Å². The second kappa shape index (κ2) is 9.00. The molecule has 168 valence electrons. The van der Waals surface area contributed by atoms with Crippen molar-refractivity contribution in [3.63, 3.8) is 0 Å². The molecule has 1 amide bonds. The monoisotopic (exact) mass is 529 g/mol. The van der Waals surface area contributed by atoms with E-state index in [1.54, 1.807) is 6.07 Å². The molecule has 0 fully saturated rings. The van der Waals surface area contributed by atoms with Crippen LogP contribution in [-0.4, -0.2) is 16.0 Å². The maximum absolute atomic E-state index is 12.5. The Morgan fingerprint density at radius 2 is 1.74 bits per heavy atom. The Hall–Kier alpha value is -3.55. The number of halogens is 1. The van der Waals surface area contributed by atoms with Gasteiger partial charge in [-0.1, -0.05) is 46.3 Å². The molecule has 1 aromatic heterocycles. The number of nitrogens with one attached hydrogen (secondary N) is 2. The minimum Gasteiger partial charge on any atom is -0.436 e.